The van der Waals surface area contributed by atoms with Crippen molar-refractivity contribution in [1.82, 2.24) is 9.97 Å². The van der Waals surface area contributed by atoms with Gasteiger partial charge in [0.1, 0.15) is 5.82 Å². The summed E-state index contributed by atoms with van der Waals surface area (Å²) in [5, 5.41) is 0. The Balaban J connectivity index is 2.41. The smallest absolute Gasteiger partial charge is 0.398 e. The van der Waals surface area contributed by atoms with Crippen molar-refractivity contribution in [2.24, 2.45) is 0 Å². The third kappa shape index (κ3) is 2.14. The van der Waals surface area contributed by atoms with Crippen LogP contribution in [0.1, 0.15) is 62.7 Å². The van der Waals surface area contributed by atoms with Crippen molar-refractivity contribution >= 4 is 12.7 Å². The lowest BCUT2D eigenvalue weighted by Gasteiger charge is -2.32. The zero-order valence-corrected chi connectivity index (χ0v) is 10.4. The summed E-state index contributed by atoms with van der Waals surface area (Å²) < 4.78 is 64.6. The molecule has 1 aromatic heterocycles. The Morgan fingerprint density at radius 3 is 2.47 bits per heavy atom. The quantitative estimate of drug-likeness (QED) is 0.806. The number of nitrogens with zero attached hydrogens (tertiary/aromatic N) is 1. The highest BCUT2D eigenvalue weighted by Crippen LogP contribution is 2.36. The van der Waals surface area contributed by atoms with E-state index in [1.54, 1.807) is 0 Å². The summed E-state index contributed by atoms with van der Waals surface area (Å²) in [6.45, 7) is 1.22. The molecule has 0 aromatic carbocycles. The van der Waals surface area contributed by atoms with Gasteiger partial charge in [-0.2, -0.15) is 0 Å². The standard InChI is InChI=1S/C12H21BN2O2/c1-8(2)10-14-7-9(15-10)13-16-11(3,4)12(5,6)17-13/h7-8H,1-6H3,(H,14,15)/i1D3,2D3,8D. The molecule has 4 nitrogen and oxygen atoms in total. The van der Waals surface area contributed by atoms with Crippen LogP contribution in [0.15, 0.2) is 6.20 Å². The maximum Gasteiger partial charge on any atom is 0.513 e. The molecule has 1 N–H and O–H groups in total. The maximum atomic E-state index is 8.10. The van der Waals surface area contributed by atoms with Gasteiger partial charge >= 0.3 is 7.12 Å². The molecule has 17 heavy (non-hydrogen) atoms. The van der Waals surface area contributed by atoms with E-state index in [2.05, 4.69) is 9.97 Å². The van der Waals surface area contributed by atoms with Crippen LogP contribution >= 0.6 is 0 Å². The van der Waals surface area contributed by atoms with Gasteiger partial charge in [0, 0.05) is 21.7 Å². The molecular weight excluding hydrogens is 215 g/mol. The van der Waals surface area contributed by atoms with Crippen LogP contribution in [0.5, 0.6) is 0 Å². The fourth-order valence-corrected chi connectivity index (χ4v) is 1.55. The highest BCUT2D eigenvalue weighted by molar-refractivity contribution is 6.61. The molecule has 0 saturated carbocycles. The van der Waals surface area contributed by atoms with Crippen molar-refractivity contribution in [3.63, 3.8) is 0 Å². The molecule has 0 unspecified atom stereocenters. The first-order chi connectivity index (χ1) is 10.5. The van der Waals surface area contributed by atoms with E-state index in [1.165, 1.54) is 6.20 Å². The lowest BCUT2D eigenvalue weighted by molar-refractivity contribution is 0.00578. The summed E-state index contributed by atoms with van der Waals surface area (Å²) in [5.41, 5.74) is -0.960. The average molecular weight is 243 g/mol. The predicted octanol–water partition coefficient (Wildman–Crippen LogP) is 1.83. The van der Waals surface area contributed by atoms with Crippen LogP contribution in [0.25, 0.3) is 0 Å². The molecule has 1 fully saturated rings. The first-order valence-electron chi connectivity index (χ1n) is 8.94. The van der Waals surface area contributed by atoms with Gasteiger partial charge in [-0.25, -0.2) is 4.98 Å². The third-order valence-electron chi connectivity index (χ3n) is 3.34. The Morgan fingerprint density at radius 1 is 1.35 bits per heavy atom. The van der Waals surface area contributed by atoms with E-state index >= 15 is 0 Å². The summed E-state index contributed by atoms with van der Waals surface area (Å²) in [4.78, 5) is 6.45. The van der Waals surface area contributed by atoms with E-state index in [9.17, 15) is 0 Å². The minimum absolute atomic E-state index is 0.272. The Bertz CT molecular complexity index is 594. The molecule has 0 amide bonds. The molecule has 2 heterocycles. The Hall–Kier alpha value is -0.805. The minimum atomic E-state index is -3.09. The van der Waals surface area contributed by atoms with Gasteiger partial charge < -0.3 is 14.3 Å². The van der Waals surface area contributed by atoms with Crippen LogP contribution in [0, 0.1) is 0 Å². The summed E-state index contributed by atoms with van der Waals surface area (Å²) in [6, 6.07) is 0. The summed E-state index contributed by atoms with van der Waals surface area (Å²) in [7, 11) is -0.853. The van der Waals surface area contributed by atoms with Gasteiger partial charge in [0.2, 0.25) is 0 Å². The van der Waals surface area contributed by atoms with E-state index in [1.807, 2.05) is 27.7 Å². The molecule has 1 aliphatic heterocycles. The zero-order chi connectivity index (χ0) is 18.8. The first-order valence-corrected chi connectivity index (χ1v) is 5.44. The summed E-state index contributed by atoms with van der Waals surface area (Å²) in [6.07, 6.45) is 1.25. The van der Waals surface area contributed by atoms with Gasteiger partial charge in [-0.1, -0.05) is 13.7 Å². The van der Waals surface area contributed by atoms with E-state index in [0.717, 1.165) is 0 Å². The van der Waals surface area contributed by atoms with Crippen molar-refractivity contribution in [1.29, 1.82) is 0 Å². The second-order valence-corrected chi connectivity index (χ2v) is 5.15. The maximum absolute atomic E-state index is 8.10. The predicted molar refractivity (Wildman–Crippen MR) is 68.4 cm³/mol. The van der Waals surface area contributed by atoms with Crippen molar-refractivity contribution in [2.75, 3.05) is 0 Å². The molecule has 0 radical (unpaired) electrons. The number of aromatic nitrogens is 2. The van der Waals surface area contributed by atoms with Gasteiger partial charge in [-0.15, -0.1) is 0 Å². The third-order valence-corrected chi connectivity index (χ3v) is 3.34. The number of hydrogen-bond donors (Lipinski definition) is 1. The van der Waals surface area contributed by atoms with E-state index in [4.69, 9.17) is 18.9 Å². The molecule has 2 rings (SSSR count). The monoisotopic (exact) mass is 243 g/mol. The first kappa shape index (κ1) is 6.39. The largest absolute Gasteiger partial charge is 0.513 e. The van der Waals surface area contributed by atoms with Gasteiger partial charge in [-0.05, 0) is 27.7 Å². The lowest BCUT2D eigenvalue weighted by Crippen LogP contribution is -2.41. The highest BCUT2D eigenvalue weighted by Gasteiger charge is 2.52. The minimum Gasteiger partial charge on any atom is -0.398 e. The number of imidazole rings is 1. The zero-order valence-electron chi connectivity index (χ0n) is 17.4. The molecule has 0 aliphatic carbocycles. The molecule has 1 aromatic rings. The van der Waals surface area contributed by atoms with Gasteiger partial charge in [0.05, 0.1) is 16.8 Å². The summed E-state index contributed by atoms with van der Waals surface area (Å²) in [5.74, 6) is -3.34. The molecule has 5 heteroatoms. The topological polar surface area (TPSA) is 47.1 Å². The summed E-state index contributed by atoms with van der Waals surface area (Å²) >= 11 is 0. The van der Waals surface area contributed by atoms with Gasteiger partial charge in [-0.3, -0.25) is 0 Å². The van der Waals surface area contributed by atoms with Crippen molar-refractivity contribution in [3.05, 3.63) is 12.0 Å². The average Bonchev–Trinajstić information content (AvgIpc) is 2.89. The van der Waals surface area contributed by atoms with Gasteiger partial charge in [0.15, 0.2) is 0 Å². The Morgan fingerprint density at radius 2 is 1.94 bits per heavy atom. The van der Waals surface area contributed by atoms with Crippen LogP contribution < -0.4 is 5.59 Å². The van der Waals surface area contributed by atoms with Crippen molar-refractivity contribution in [3.8, 4) is 0 Å². The molecule has 94 valence electrons. The molecule has 1 aliphatic rings. The fraction of sp³-hybridized carbons (Fsp3) is 0.750. The molecule has 0 atom stereocenters. The second kappa shape index (κ2) is 3.85. The SMILES string of the molecule is [2H]C([2H])([2H])C([2H])(c1ncc(B2OC(C)(C)C(C)(C)O2)[nH]1)C([2H])([2H])[2H]. The molecule has 0 spiro atoms. The number of rotatable bonds is 2. The Labute approximate surface area is 113 Å². The number of H-pyrrole nitrogens is 1. The number of aromatic amines is 1. The van der Waals surface area contributed by atoms with Crippen LogP contribution in [0.3, 0.4) is 0 Å². The van der Waals surface area contributed by atoms with Crippen LogP contribution in [-0.2, 0) is 9.31 Å². The van der Waals surface area contributed by atoms with E-state index in [-0.39, 0.29) is 5.59 Å². The molecule has 0 bridgehead atoms. The number of hydrogen-bond acceptors (Lipinski definition) is 3. The lowest BCUT2D eigenvalue weighted by atomic mass is 9.86. The number of nitrogens with one attached hydrogen (secondary N) is 1. The highest BCUT2D eigenvalue weighted by atomic mass is 16.7. The normalized spacial score (nSPS) is 30.6. The second-order valence-electron chi connectivity index (χ2n) is 5.15. The van der Waals surface area contributed by atoms with Gasteiger partial charge in [0.25, 0.3) is 0 Å². The molecular formula is C12H21BN2O2. The molecule has 1 saturated heterocycles. The van der Waals surface area contributed by atoms with Crippen LogP contribution in [0.4, 0.5) is 0 Å². The van der Waals surface area contributed by atoms with Crippen molar-refractivity contribution < 1.29 is 18.9 Å². The van der Waals surface area contributed by atoms with Crippen molar-refractivity contribution in [2.45, 2.75) is 58.5 Å². The fourth-order valence-electron chi connectivity index (χ4n) is 1.55. The van der Waals surface area contributed by atoms with Crippen LogP contribution in [0.2, 0.25) is 0 Å². The van der Waals surface area contributed by atoms with E-state index in [0.29, 0.717) is 0 Å². The van der Waals surface area contributed by atoms with Crippen LogP contribution in [-0.4, -0.2) is 28.3 Å². The Kier molecular flexibility index (Phi) is 1.45. The van der Waals surface area contributed by atoms with E-state index < -0.39 is 43.7 Å².